The number of carbonyl (C=O) groups is 1. The monoisotopic (exact) mass is 227 g/mol. The van der Waals surface area contributed by atoms with E-state index in [9.17, 15) is 4.79 Å². The molecular weight excluding hydrogens is 202 g/mol. The third-order valence-corrected chi connectivity index (χ3v) is 3.49. The van der Waals surface area contributed by atoms with Gasteiger partial charge in [-0.3, -0.25) is 4.79 Å². The summed E-state index contributed by atoms with van der Waals surface area (Å²) in [6.45, 7) is 7.46. The summed E-state index contributed by atoms with van der Waals surface area (Å²) in [6, 6.07) is -0.167. The largest absolute Gasteiger partial charge is 0.465 e. The molecule has 0 radical (unpaired) electrons. The fourth-order valence-electron chi connectivity index (χ4n) is 2.23. The van der Waals surface area contributed by atoms with Crippen molar-refractivity contribution < 1.29 is 9.53 Å². The van der Waals surface area contributed by atoms with E-state index in [0.717, 1.165) is 18.4 Å². The van der Waals surface area contributed by atoms with Gasteiger partial charge in [-0.2, -0.15) is 0 Å². The van der Waals surface area contributed by atoms with Crippen LogP contribution in [-0.4, -0.2) is 25.2 Å². The van der Waals surface area contributed by atoms with Crippen molar-refractivity contribution in [2.24, 2.45) is 11.8 Å². The fourth-order valence-corrected chi connectivity index (χ4v) is 2.23. The summed E-state index contributed by atoms with van der Waals surface area (Å²) >= 11 is 0. The third-order valence-electron chi connectivity index (χ3n) is 3.49. The minimum absolute atomic E-state index is 0.133. The van der Waals surface area contributed by atoms with Crippen molar-refractivity contribution in [1.82, 2.24) is 5.32 Å². The number of carbonyl (C=O) groups excluding carboxylic acids is 1. The van der Waals surface area contributed by atoms with Crippen LogP contribution < -0.4 is 5.32 Å². The summed E-state index contributed by atoms with van der Waals surface area (Å²) in [5.74, 6) is 1.50. The molecule has 1 aliphatic carbocycles. The number of esters is 1. The van der Waals surface area contributed by atoms with Crippen molar-refractivity contribution in [2.75, 3.05) is 13.2 Å². The lowest BCUT2D eigenvalue weighted by atomic mass is 9.83. The maximum atomic E-state index is 11.4. The van der Waals surface area contributed by atoms with Crippen molar-refractivity contribution >= 4 is 5.97 Å². The van der Waals surface area contributed by atoms with Gasteiger partial charge in [0.1, 0.15) is 6.04 Å². The van der Waals surface area contributed by atoms with Crippen LogP contribution in [0.25, 0.3) is 0 Å². The molecule has 1 aliphatic rings. The summed E-state index contributed by atoms with van der Waals surface area (Å²) < 4.78 is 4.96. The van der Waals surface area contributed by atoms with E-state index < -0.39 is 0 Å². The van der Waals surface area contributed by atoms with Crippen LogP contribution in [0.15, 0.2) is 0 Å². The molecule has 0 aromatic carbocycles. The van der Waals surface area contributed by atoms with Crippen LogP contribution in [0.5, 0.6) is 0 Å². The Kier molecular flexibility index (Phi) is 5.81. The van der Waals surface area contributed by atoms with Crippen molar-refractivity contribution in [2.45, 2.75) is 52.5 Å². The molecule has 0 spiro atoms. The predicted molar refractivity (Wildman–Crippen MR) is 65.2 cm³/mol. The second-order valence-electron chi connectivity index (χ2n) is 5.01. The summed E-state index contributed by atoms with van der Waals surface area (Å²) in [5, 5.41) is 3.28. The zero-order valence-corrected chi connectivity index (χ0v) is 10.8. The molecule has 1 rings (SSSR count). The summed E-state index contributed by atoms with van der Waals surface area (Å²) in [5.41, 5.74) is 0. The van der Waals surface area contributed by atoms with Crippen molar-refractivity contribution in [1.29, 1.82) is 0 Å². The highest BCUT2D eigenvalue weighted by Crippen LogP contribution is 2.27. The SMILES string of the molecule is CCOC(=O)C(C)NCC1CCC(C)CC1. The smallest absolute Gasteiger partial charge is 0.322 e. The van der Waals surface area contributed by atoms with E-state index in [1.807, 2.05) is 13.8 Å². The first-order valence-electron chi connectivity index (χ1n) is 6.53. The van der Waals surface area contributed by atoms with Crippen LogP contribution >= 0.6 is 0 Å². The van der Waals surface area contributed by atoms with E-state index in [2.05, 4.69) is 12.2 Å². The van der Waals surface area contributed by atoms with Gasteiger partial charge in [-0.05, 0) is 45.1 Å². The average molecular weight is 227 g/mol. The molecule has 1 atom stereocenters. The minimum Gasteiger partial charge on any atom is -0.465 e. The van der Waals surface area contributed by atoms with Gasteiger partial charge in [0.25, 0.3) is 0 Å². The van der Waals surface area contributed by atoms with E-state index >= 15 is 0 Å². The van der Waals surface area contributed by atoms with Gasteiger partial charge in [0.15, 0.2) is 0 Å². The third kappa shape index (κ3) is 4.52. The van der Waals surface area contributed by atoms with Crippen LogP contribution in [0.2, 0.25) is 0 Å². The van der Waals surface area contributed by atoms with Gasteiger partial charge in [-0.25, -0.2) is 0 Å². The Labute approximate surface area is 98.9 Å². The molecule has 1 N–H and O–H groups in total. The van der Waals surface area contributed by atoms with Gasteiger partial charge in [0, 0.05) is 0 Å². The second-order valence-corrected chi connectivity index (χ2v) is 5.01. The molecule has 0 amide bonds. The van der Waals surface area contributed by atoms with Crippen molar-refractivity contribution in [3.8, 4) is 0 Å². The second kappa shape index (κ2) is 6.89. The molecule has 16 heavy (non-hydrogen) atoms. The molecule has 0 aromatic heterocycles. The Balaban J connectivity index is 2.16. The summed E-state index contributed by atoms with van der Waals surface area (Å²) in [6.07, 6.45) is 5.26. The number of hydrogen-bond acceptors (Lipinski definition) is 3. The summed E-state index contributed by atoms with van der Waals surface area (Å²) in [7, 11) is 0. The number of nitrogens with one attached hydrogen (secondary N) is 1. The Hall–Kier alpha value is -0.570. The lowest BCUT2D eigenvalue weighted by Gasteiger charge is -2.27. The first kappa shape index (κ1) is 13.5. The lowest BCUT2D eigenvalue weighted by molar-refractivity contribution is -0.145. The van der Waals surface area contributed by atoms with Gasteiger partial charge in [0.05, 0.1) is 6.61 Å². The molecule has 0 aliphatic heterocycles. The van der Waals surface area contributed by atoms with E-state index in [4.69, 9.17) is 4.74 Å². The Morgan fingerprint density at radius 2 is 2.00 bits per heavy atom. The zero-order valence-electron chi connectivity index (χ0n) is 10.8. The summed E-state index contributed by atoms with van der Waals surface area (Å²) in [4.78, 5) is 11.4. The molecule has 94 valence electrons. The lowest BCUT2D eigenvalue weighted by Crippen LogP contribution is -2.39. The standard InChI is InChI=1S/C13H25NO2/c1-4-16-13(15)11(3)14-9-12-7-5-10(2)6-8-12/h10-12,14H,4-9H2,1-3H3. The van der Waals surface area contributed by atoms with Gasteiger partial charge < -0.3 is 10.1 Å². The normalized spacial score (nSPS) is 27.4. The molecule has 1 fully saturated rings. The van der Waals surface area contributed by atoms with E-state index in [0.29, 0.717) is 6.61 Å². The average Bonchev–Trinajstić information content (AvgIpc) is 2.28. The van der Waals surface area contributed by atoms with E-state index in [-0.39, 0.29) is 12.0 Å². The van der Waals surface area contributed by atoms with Crippen LogP contribution in [0.1, 0.15) is 46.5 Å². The highest BCUT2D eigenvalue weighted by atomic mass is 16.5. The predicted octanol–water partition coefficient (Wildman–Crippen LogP) is 2.35. The topological polar surface area (TPSA) is 38.3 Å². The van der Waals surface area contributed by atoms with Gasteiger partial charge in [0.2, 0.25) is 0 Å². The molecule has 0 heterocycles. The fraction of sp³-hybridized carbons (Fsp3) is 0.923. The molecule has 3 nitrogen and oxygen atoms in total. The van der Waals surface area contributed by atoms with Crippen LogP contribution in [0.3, 0.4) is 0 Å². The Morgan fingerprint density at radius 1 is 1.38 bits per heavy atom. The number of ether oxygens (including phenoxy) is 1. The molecule has 0 bridgehead atoms. The molecule has 1 saturated carbocycles. The van der Waals surface area contributed by atoms with Crippen molar-refractivity contribution in [3.05, 3.63) is 0 Å². The first-order valence-corrected chi connectivity index (χ1v) is 6.53. The Bertz CT molecular complexity index is 210. The minimum atomic E-state index is -0.167. The highest BCUT2D eigenvalue weighted by Gasteiger charge is 2.20. The highest BCUT2D eigenvalue weighted by molar-refractivity contribution is 5.75. The maximum Gasteiger partial charge on any atom is 0.322 e. The zero-order chi connectivity index (χ0) is 12.0. The molecule has 1 unspecified atom stereocenters. The number of hydrogen-bond donors (Lipinski definition) is 1. The van der Waals surface area contributed by atoms with Crippen LogP contribution in [0.4, 0.5) is 0 Å². The molecule has 0 aromatic rings. The van der Waals surface area contributed by atoms with E-state index in [1.54, 1.807) is 0 Å². The Morgan fingerprint density at radius 3 is 2.56 bits per heavy atom. The van der Waals surface area contributed by atoms with Gasteiger partial charge in [-0.15, -0.1) is 0 Å². The van der Waals surface area contributed by atoms with Gasteiger partial charge in [-0.1, -0.05) is 19.8 Å². The number of rotatable bonds is 5. The van der Waals surface area contributed by atoms with E-state index in [1.165, 1.54) is 25.7 Å². The first-order chi connectivity index (χ1) is 7.63. The van der Waals surface area contributed by atoms with Crippen LogP contribution in [-0.2, 0) is 9.53 Å². The maximum absolute atomic E-state index is 11.4. The molecule has 3 heteroatoms. The van der Waals surface area contributed by atoms with Gasteiger partial charge >= 0.3 is 5.97 Å². The quantitative estimate of drug-likeness (QED) is 0.733. The molecular formula is C13H25NO2. The van der Waals surface area contributed by atoms with Crippen molar-refractivity contribution in [3.63, 3.8) is 0 Å². The molecule has 0 saturated heterocycles. The van der Waals surface area contributed by atoms with Crippen LogP contribution in [0, 0.1) is 11.8 Å².